The number of fused-ring (bicyclic) bond motifs is 1. The molecule has 0 unspecified atom stereocenters. The highest BCUT2D eigenvalue weighted by molar-refractivity contribution is 6.05. The molecule has 0 fully saturated rings. The maximum Gasteiger partial charge on any atom is 0.433 e. The van der Waals surface area contributed by atoms with Crippen molar-refractivity contribution in [1.29, 1.82) is 0 Å². The van der Waals surface area contributed by atoms with Gasteiger partial charge in [0.05, 0.1) is 12.6 Å². The van der Waals surface area contributed by atoms with Crippen LogP contribution in [-0.4, -0.2) is 29.0 Å². The number of rotatable bonds is 2. The molecule has 0 spiro atoms. The predicted molar refractivity (Wildman–Crippen MR) is 71.5 cm³/mol. The standard InChI is InChI=1S/C13H11N3O5/c1-8-6-9-12(14-7-8)20-5-4-15(9)13(17)10-2-3-11(21-10)16(18)19/h2-3,6-7H,4-5H2,1H3. The highest BCUT2D eigenvalue weighted by atomic mass is 16.6. The number of furan rings is 1. The van der Waals surface area contributed by atoms with E-state index in [-0.39, 0.29) is 5.76 Å². The van der Waals surface area contributed by atoms with E-state index >= 15 is 0 Å². The molecular weight excluding hydrogens is 278 g/mol. The zero-order chi connectivity index (χ0) is 15.0. The molecule has 0 bridgehead atoms. The topological polar surface area (TPSA) is 98.7 Å². The van der Waals surface area contributed by atoms with Gasteiger partial charge in [-0.15, -0.1) is 0 Å². The van der Waals surface area contributed by atoms with Gasteiger partial charge in [-0.1, -0.05) is 0 Å². The third-order valence-corrected chi connectivity index (χ3v) is 3.04. The first kappa shape index (κ1) is 13.1. The summed E-state index contributed by atoms with van der Waals surface area (Å²) in [5, 5.41) is 10.6. The molecule has 2 aromatic rings. The van der Waals surface area contributed by atoms with Crippen LogP contribution in [0.1, 0.15) is 16.1 Å². The molecule has 0 saturated heterocycles. The third-order valence-electron chi connectivity index (χ3n) is 3.04. The van der Waals surface area contributed by atoms with Gasteiger partial charge in [-0.05, 0) is 24.6 Å². The van der Waals surface area contributed by atoms with E-state index < -0.39 is 16.7 Å². The van der Waals surface area contributed by atoms with Crippen LogP contribution in [0.5, 0.6) is 5.88 Å². The Kier molecular flexibility index (Phi) is 3.05. The van der Waals surface area contributed by atoms with Gasteiger partial charge in [-0.2, -0.15) is 0 Å². The van der Waals surface area contributed by atoms with Crippen LogP contribution in [0.3, 0.4) is 0 Å². The van der Waals surface area contributed by atoms with Gasteiger partial charge in [0.15, 0.2) is 5.76 Å². The number of ether oxygens (including phenoxy) is 1. The molecule has 0 aromatic carbocycles. The smallest absolute Gasteiger partial charge is 0.433 e. The van der Waals surface area contributed by atoms with Crippen molar-refractivity contribution in [2.75, 3.05) is 18.1 Å². The number of nitrogens with zero attached hydrogens (tertiary/aromatic N) is 3. The molecule has 21 heavy (non-hydrogen) atoms. The predicted octanol–water partition coefficient (Wildman–Crippen LogP) is 1.93. The van der Waals surface area contributed by atoms with E-state index in [0.29, 0.717) is 24.7 Å². The van der Waals surface area contributed by atoms with E-state index in [1.807, 2.05) is 6.92 Å². The van der Waals surface area contributed by atoms with E-state index in [1.165, 1.54) is 11.0 Å². The Labute approximate surface area is 119 Å². The lowest BCUT2D eigenvalue weighted by Crippen LogP contribution is -2.38. The van der Waals surface area contributed by atoms with Crippen molar-refractivity contribution in [3.8, 4) is 5.88 Å². The Balaban J connectivity index is 1.95. The summed E-state index contributed by atoms with van der Waals surface area (Å²) in [7, 11) is 0. The monoisotopic (exact) mass is 289 g/mol. The number of nitro groups is 1. The summed E-state index contributed by atoms with van der Waals surface area (Å²) >= 11 is 0. The number of hydrogen-bond donors (Lipinski definition) is 0. The summed E-state index contributed by atoms with van der Waals surface area (Å²) in [6.07, 6.45) is 1.64. The SMILES string of the molecule is Cc1cnc2c(c1)N(C(=O)c1ccc([N+](=O)[O-])o1)CCO2. The normalized spacial score (nSPS) is 13.5. The second-order valence-corrected chi connectivity index (χ2v) is 4.54. The first-order chi connectivity index (χ1) is 10.1. The van der Waals surface area contributed by atoms with Crippen LogP contribution in [0.15, 0.2) is 28.8 Å². The number of hydrogen-bond acceptors (Lipinski definition) is 6. The largest absolute Gasteiger partial charge is 0.474 e. The highest BCUT2D eigenvalue weighted by Gasteiger charge is 2.29. The van der Waals surface area contributed by atoms with Crippen LogP contribution >= 0.6 is 0 Å². The molecule has 0 saturated carbocycles. The number of carbonyl (C=O) groups is 1. The van der Waals surface area contributed by atoms with Crippen LogP contribution in [0.4, 0.5) is 11.6 Å². The molecule has 1 aliphatic rings. The summed E-state index contributed by atoms with van der Waals surface area (Å²) in [4.78, 5) is 27.9. The summed E-state index contributed by atoms with van der Waals surface area (Å²) in [6, 6.07) is 4.22. The van der Waals surface area contributed by atoms with Crippen LogP contribution in [-0.2, 0) is 0 Å². The Morgan fingerprint density at radius 3 is 3.00 bits per heavy atom. The molecule has 3 heterocycles. The summed E-state index contributed by atoms with van der Waals surface area (Å²) in [6.45, 7) is 2.48. The van der Waals surface area contributed by atoms with Crippen molar-refractivity contribution in [2.45, 2.75) is 6.92 Å². The van der Waals surface area contributed by atoms with Crippen molar-refractivity contribution >= 4 is 17.5 Å². The number of aryl methyl sites for hydroxylation is 1. The van der Waals surface area contributed by atoms with Crippen LogP contribution in [0, 0.1) is 17.0 Å². The zero-order valence-electron chi connectivity index (χ0n) is 11.1. The summed E-state index contributed by atoms with van der Waals surface area (Å²) in [5.41, 5.74) is 1.41. The number of aromatic nitrogens is 1. The Bertz CT molecular complexity index is 724. The fourth-order valence-electron chi connectivity index (χ4n) is 2.08. The lowest BCUT2D eigenvalue weighted by atomic mass is 10.2. The maximum atomic E-state index is 12.4. The maximum absolute atomic E-state index is 12.4. The van der Waals surface area contributed by atoms with E-state index in [2.05, 4.69) is 4.98 Å². The van der Waals surface area contributed by atoms with Crippen molar-refractivity contribution in [1.82, 2.24) is 4.98 Å². The molecule has 0 atom stereocenters. The van der Waals surface area contributed by atoms with Gasteiger partial charge < -0.3 is 9.15 Å². The van der Waals surface area contributed by atoms with Gasteiger partial charge in [-0.3, -0.25) is 19.8 Å². The van der Waals surface area contributed by atoms with E-state index in [1.54, 1.807) is 12.3 Å². The average molecular weight is 289 g/mol. The third kappa shape index (κ3) is 2.31. The van der Waals surface area contributed by atoms with Crippen molar-refractivity contribution < 1.29 is 18.9 Å². The Hall–Kier alpha value is -2.90. The van der Waals surface area contributed by atoms with E-state index in [9.17, 15) is 14.9 Å². The summed E-state index contributed by atoms with van der Waals surface area (Å²) < 4.78 is 10.3. The molecule has 1 aliphatic heterocycles. The molecule has 0 aliphatic carbocycles. The van der Waals surface area contributed by atoms with Gasteiger partial charge in [0, 0.05) is 6.20 Å². The minimum absolute atomic E-state index is 0.0870. The minimum atomic E-state index is -0.685. The molecule has 2 aromatic heterocycles. The van der Waals surface area contributed by atoms with Crippen molar-refractivity contribution in [2.24, 2.45) is 0 Å². The second-order valence-electron chi connectivity index (χ2n) is 4.54. The number of amides is 1. The molecule has 0 N–H and O–H groups in total. The minimum Gasteiger partial charge on any atom is -0.474 e. The van der Waals surface area contributed by atoms with Gasteiger partial charge in [0.1, 0.15) is 17.2 Å². The molecule has 1 amide bonds. The first-order valence-electron chi connectivity index (χ1n) is 6.22. The number of pyridine rings is 1. The van der Waals surface area contributed by atoms with Crippen LogP contribution < -0.4 is 9.64 Å². The van der Waals surface area contributed by atoms with E-state index in [0.717, 1.165) is 11.6 Å². The Morgan fingerprint density at radius 1 is 1.48 bits per heavy atom. The number of anilines is 1. The molecule has 3 rings (SSSR count). The first-order valence-corrected chi connectivity index (χ1v) is 6.22. The molecule has 8 heteroatoms. The second kappa shape index (κ2) is 4.89. The lowest BCUT2D eigenvalue weighted by molar-refractivity contribution is -0.402. The van der Waals surface area contributed by atoms with Crippen molar-refractivity contribution in [3.63, 3.8) is 0 Å². The molecule has 0 radical (unpaired) electrons. The molecular formula is C13H11N3O5. The summed E-state index contributed by atoms with van der Waals surface area (Å²) in [5.74, 6) is -0.647. The number of carbonyl (C=O) groups excluding carboxylic acids is 1. The van der Waals surface area contributed by atoms with Gasteiger partial charge in [0.2, 0.25) is 5.88 Å². The molecule has 108 valence electrons. The van der Waals surface area contributed by atoms with Gasteiger partial charge in [-0.25, -0.2) is 4.98 Å². The highest BCUT2D eigenvalue weighted by Crippen LogP contribution is 2.31. The van der Waals surface area contributed by atoms with Crippen LogP contribution in [0.2, 0.25) is 0 Å². The Morgan fingerprint density at radius 2 is 2.29 bits per heavy atom. The quantitative estimate of drug-likeness (QED) is 0.618. The lowest BCUT2D eigenvalue weighted by Gasteiger charge is -2.28. The molecule has 8 nitrogen and oxygen atoms in total. The fraction of sp³-hybridized carbons (Fsp3) is 0.231. The fourth-order valence-corrected chi connectivity index (χ4v) is 2.08. The average Bonchev–Trinajstić information content (AvgIpc) is 2.96. The van der Waals surface area contributed by atoms with Crippen LogP contribution in [0.25, 0.3) is 0 Å². The van der Waals surface area contributed by atoms with Crippen molar-refractivity contribution in [3.05, 3.63) is 45.8 Å². The van der Waals surface area contributed by atoms with Gasteiger partial charge >= 0.3 is 5.88 Å². The van der Waals surface area contributed by atoms with E-state index in [4.69, 9.17) is 9.15 Å². The van der Waals surface area contributed by atoms with Gasteiger partial charge in [0.25, 0.3) is 5.91 Å². The zero-order valence-corrected chi connectivity index (χ0v) is 11.1.